The number of hydrogen-bond acceptors (Lipinski definition) is 1. The predicted molar refractivity (Wildman–Crippen MR) is 209 cm³/mol. The van der Waals surface area contributed by atoms with Crippen LogP contribution in [0.4, 0.5) is 0 Å². The van der Waals surface area contributed by atoms with E-state index in [1.165, 1.54) is 97.0 Å². The van der Waals surface area contributed by atoms with Crippen LogP contribution in [-0.2, 0) is 5.41 Å². The van der Waals surface area contributed by atoms with E-state index in [-0.39, 0.29) is 5.41 Å². The molecule has 10 rings (SSSR count). The lowest BCUT2D eigenvalue weighted by atomic mass is 9.86. The Bertz CT molecular complexity index is 2870. The van der Waals surface area contributed by atoms with Gasteiger partial charge in [0.2, 0.25) is 0 Å². The Morgan fingerprint density at radius 2 is 1.08 bits per heavy atom. The Morgan fingerprint density at radius 1 is 0.458 bits per heavy atom. The minimum atomic E-state index is 0.0754. The lowest BCUT2D eigenvalue weighted by Crippen LogP contribution is -2.10. The van der Waals surface area contributed by atoms with Gasteiger partial charge in [-0.3, -0.25) is 0 Å². The zero-order valence-corrected chi connectivity index (χ0v) is 28.0. The Labute approximate surface area is 283 Å². The summed E-state index contributed by atoms with van der Waals surface area (Å²) < 4.78 is 2.47. The van der Waals surface area contributed by atoms with Crippen molar-refractivity contribution < 1.29 is 0 Å². The van der Waals surface area contributed by atoms with Gasteiger partial charge < -0.3 is 4.57 Å². The van der Waals surface area contributed by atoms with Crippen LogP contribution in [0, 0.1) is 0 Å². The van der Waals surface area contributed by atoms with E-state index in [1.807, 2.05) is 11.3 Å². The second-order valence-electron chi connectivity index (χ2n) is 14.2. The third-order valence-electron chi connectivity index (χ3n) is 10.3. The topological polar surface area (TPSA) is 4.93 Å². The molecule has 0 aliphatic carbocycles. The van der Waals surface area contributed by atoms with Gasteiger partial charge in [-0.1, -0.05) is 136 Å². The highest BCUT2D eigenvalue weighted by atomic mass is 32.1. The quantitative estimate of drug-likeness (QED) is 0.171. The van der Waals surface area contributed by atoms with E-state index in [4.69, 9.17) is 0 Å². The first-order valence-corrected chi connectivity index (χ1v) is 17.6. The van der Waals surface area contributed by atoms with Gasteiger partial charge >= 0.3 is 0 Å². The number of nitrogens with zero attached hydrogens (tertiary/aromatic N) is 1. The number of thiophene rings is 1. The molecule has 2 heteroatoms. The molecule has 0 N–H and O–H groups in total. The van der Waals surface area contributed by atoms with Crippen molar-refractivity contribution in [1.29, 1.82) is 0 Å². The molecular formula is C46H33NS. The smallest absolute Gasteiger partial charge is 0.101 e. The summed E-state index contributed by atoms with van der Waals surface area (Å²) in [6.07, 6.45) is 0. The lowest BCUT2D eigenvalue weighted by molar-refractivity contribution is 0.591. The first kappa shape index (κ1) is 27.7. The van der Waals surface area contributed by atoms with E-state index in [2.05, 4.69) is 171 Å². The zero-order valence-electron chi connectivity index (χ0n) is 27.2. The maximum Gasteiger partial charge on any atom is 0.101 e. The van der Waals surface area contributed by atoms with Gasteiger partial charge in [0.1, 0.15) is 5.00 Å². The largest absolute Gasteiger partial charge is 0.301 e. The molecule has 0 bridgehead atoms. The predicted octanol–water partition coefficient (Wildman–Crippen LogP) is 13.5. The number of para-hydroxylation sites is 1. The van der Waals surface area contributed by atoms with E-state index in [9.17, 15) is 0 Å². The van der Waals surface area contributed by atoms with E-state index in [0.717, 1.165) is 0 Å². The molecule has 0 amide bonds. The number of rotatable bonds is 3. The summed E-state index contributed by atoms with van der Waals surface area (Å²) in [5, 5.41) is 14.3. The van der Waals surface area contributed by atoms with Crippen molar-refractivity contribution in [3.63, 3.8) is 0 Å². The lowest BCUT2D eigenvalue weighted by Gasteiger charge is -2.19. The highest BCUT2D eigenvalue weighted by Crippen LogP contribution is 2.45. The molecule has 0 aliphatic rings. The fourth-order valence-corrected chi connectivity index (χ4v) is 8.97. The summed E-state index contributed by atoms with van der Waals surface area (Å²) in [6.45, 7) is 6.88. The van der Waals surface area contributed by atoms with E-state index in [0.29, 0.717) is 0 Å². The summed E-state index contributed by atoms with van der Waals surface area (Å²) in [4.78, 5) is 1.29. The summed E-state index contributed by atoms with van der Waals surface area (Å²) >= 11 is 1.88. The highest BCUT2D eigenvalue weighted by molar-refractivity contribution is 7.18. The molecular weight excluding hydrogens is 599 g/mol. The van der Waals surface area contributed by atoms with Crippen molar-refractivity contribution >= 4 is 76.2 Å². The van der Waals surface area contributed by atoms with Crippen molar-refractivity contribution in [2.24, 2.45) is 0 Å². The average Bonchev–Trinajstić information content (AvgIpc) is 3.72. The molecule has 0 atom stereocenters. The van der Waals surface area contributed by atoms with Gasteiger partial charge in [-0.2, -0.15) is 0 Å². The van der Waals surface area contributed by atoms with Crippen LogP contribution in [0.15, 0.2) is 146 Å². The molecule has 1 nitrogen and oxygen atoms in total. The molecule has 10 aromatic rings. The van der Waals surface area contributed by atoms with Gasteiger partial charge in [-0.15, -0.1) is 11.3 Å². The number of benzene rings is 8. The summed E-state index contributed by atoms with van der Waals surface area (Å²) in [5.41, 5.74) is 7.79. The number of fused-ring (bicyclic) bond motifs is 4. The summed E-state index contributed by atoms with van der Waals surface area (Å²) in [7, 11) is 0. The van der Waals surface area contributed by atoms with Crippen LogP contribution >= 0.6 is 11.3 Å². The van der Waals surface area contributed by atoms with Gasteiger partial charge in [0.25, 0.3) is 0 Å². The molecule has 228 valence electrons. The zero-order chi connectivity index (χ0) is 32.1. The number of aromatic nitrogens is 1. The first-order valence-electron chi connectivity index (χ1n) is 16.8. The first-order chi connectivity index (χ1) is 23.4. The fraction of sp³-hybridized carbons (Fsp3) is 0.0870. The molecule has 0 saturated heterocycles. The van der Waals surface area contributed by atoms with Crippen LogP contribution in [0.3, 0.4) is 0 Å². The Kier molecular flexibility index (Phi) is 5.78. The molecule has 2 aromatic heterocycles. The van der Waals surface area contributed by atoms with Crippen molar-refractivity contribution in [1.82, 2.24) is 4.57 Å². The van der Waals surface area contributed by atoms with Crippen molar-refractivity contribution in [3.8, 4) is 26.6 Å². The summed E-state index contributed by atoms with van der Waals surface area (Å²) in [6, 6.07) is 54.5. The maximum atomic E-state index is 2.47. The number of hydrogen-bond donors (Lipinski definition) is 0. The van der Waals surface area contributed by atoms with E-state index >= 15 is 0 Å². The average molecular weight is 632 g/mol. The minimum Gasteiger partial charge on any atom is -0.301 e. The minimum absolute atomic E-state index is 0.0754. The SMILES string of the molecule is CC(C)(C)c1ccc2c3ccccc3n(-c3ccc(-c4ccc5ccc6c(-c7ccc8ccccc8c7)ccc7ccc4c5c76)s3)c2c1. The Morgan fingerprint density at radius 3 is 1.88 bits per heavy atom. The molecule has 48 heavy (non-hydrogen) atoms. The van der Waals surface area contributed by atoms with Crippen LogP contribution in [0.2, 0.25) is 0 Å². The third-order valence-corrected chi connectivity index (χ3v) is 11.4. The van der Waals surface area contributed by atoms with Crippen LogP contribution < -0.4 is 0 Å². The Hall–Kier alpha value is -5.44. The van der Waals surface area contributed by atoms with Crippen molar-refractivity contribution in [2.75, 3.05) is 0 Å². The van der Waals surface area contributed by atoms with Crippen molar-refractivity contribution in [2.45, 2.75) is 26.2 Å². The van der Waals surface area contributed by atoms with Crippen LogP contribution in [-0.4, -0.2) is 4.57 Å². The molecule has 0 unspecified atom stereocenters. The normalized spacial score (nSPS) is 12.5. The second kappa shape index (κ2) is 10.0. The van der Waals surface area contributed by atoms with Crippen LogP contribution in [0.5, 0.6) is 0 Å². The van der Waals surface area contributed by atoms with Gasteiger partial charge in [-0.05, 0) is 101 Å². The molecule has 0 aliphatic heterocycles. The van der Waals surface area contributed by atoms with E-state index < -0.39 is 0 Å². The molecule has 2 heterocycles. The Balaban J connectivity index is 1.17. The van der Waals surface area contributed by atoms with Crippen molar-refractivity contribution in [3.05, 3.63) is 151 Å². The highest BCUT2D eigenvalue weighted by Gasteiger charge is 2.20. The van der Waals surface area contributed by atoms with E-state index in [1.54, 1.807) is 0 Å². The third kappa shape index (κ3) is 4.03. The second-order valence-corrected chi connectivity index (χ2v) is 15.2. The standard InChI is InChI=1S/C46H33NS/c1-46(2,3)33-18-23-36-35-10-6-7-11-40(35)47(41(36)27-33)43-25-24-42(48-43)37-20-15-30-16-21-38-34(19-14-29-17-22-39(37)45(30)44(29)38)32-13-12-28-8-4-5-9-31(28)26-32/h4-27H,1-3H3. The molecule has 8 aromatic carbocycles. The fourth-order valence-electron chi connectivity index (χ4n) is 7.89. The van der Waals surface area contributed by atoms with Gasteiger partial charge in [0, 0.05) is 15.6 Å². The maximum absolute atomic E-state index is 2.47. The monoisotopic (exact) mass is 631 g/mol. The van der Waals surface area contributed by atoms with Crippen LogP contribution in [0.25, 0.3) is 91.5 Å². The van der Waals surface area contributed by atoms with Gasteiger partial charge in [0.05, 0.1) is 11.0 Å². The molecule has 0 saturated carbocycles. The molecule has 0 fully saturated rings. The van der Waals surface area contributed by atoms with Gasteiger partial charge in [-0.25, -0.2) is 0 Å². The van der Waals surface area contributed by atoms with Gasteiger partial charge in [0.15, 0.2) is 0 Å². The van der Waals surface area contributed by atoms with Crippen LogP contribution in [0.1, 0.15) is 26.3 Å². The summed E-state index contributed by atoms with van der Waals surface area (Å²) in [5.74, 6) is 0. The molecule has 0 spiro atoms. The molecule has 0 radical (unpaired) electrons.